The Hall–Kier alpha value is -5.05. The van der Waals surface area contributed by atoms with E-state index in [1.807, 2.05) is 25.1 Å². The fraction of sp³-hybridized carbons (Fsp3) is 0.100. The van der Waals surface area contributed by atoms with E-state index in [0.29, 0.717) is 36.1 Å². The number of aryl methyl sites for hydroxylation is 1. The number of hydrogen-bond acceptors (Lipinski definition) is 9. The Balaban J connectivity index is 1.43. The highest BCUT2D eigenvalue weighted by Crippen LogP contribution is 2.49. The van der Waals surface area contributed by atoms with E-state index in [-0.39, 0.29) is 22.5 Å². The van der Waals surface area contributed by atoms with E-state index in [4.69, 9.17) is 9.47 Å². The van der Waals surface area contributed by atoms with Crippen LogP contribution in [0.15, 0.2) is 60.9 Å². The van der Waals surface area contributed by atoms with E-state index in [1.165, 1.54) is 46.7 Å². The van der Waals surface area contributed by atoms with Gasteiger partial charge in [0.15, 0.2) is 11.5 Å². The van der Waals surface area contributed by atoms with Gasteiger partial charge in [-0.15, -0.1) is 22.7 Å². The molecule has 9 nitrogen and oxygen atoms in total. The second-order valence-electron chi connectivity index (χ2n) is 8.87. The number of carboxylic acid groups (broad SMARTS) is 2. The third kappa shape index (κ3) is 5.38. The van der Waals surface area contributed by atoms with Crippen LogP contribution in [0, 0.1) is 18.8 Å². The molecule has 41 heavy (non-hydrogen) atoms. The number of ether oxygens (including phenoxy) is 2. The Morgan fingerprint density at radius 3 is 2.12 bits per heavy atom. The van der Waals surface area contributed by atoms with Crippen molar-refractivity contribution >= 4 is 34.6 Å². The second-order valence-corrected chi connectivity index (χ2v) is 11.2. The van der Waals surface area contributed by atoms with Crippen LogP contribution >= 0.6 is 22.7 Å². The molecular formula is C30H19N3O6S2. The van der Waals surface area contributed by atoms with Crippen LogP contribution < -0.4 is 9.47 Å². The molecule has 202 valence electrons. The fourth-order valence-electron chi connectivity index (χ4n) is 4.17. The van der Waals surface area contributed by atoms with Gasteiger partial charge < -0.3 is 19.7 Å². The number of carboxylic acids is 2. The molecule has 11 heteroatoms. The third-order valence-corrected chi connectivity index (χ3v) is 8.10. The summed E-state index contributed by atoms with van der Waals surface area (Å²) in [7, 11) is 0. The first-order chi connectivity index (χ1) is 19.9. The second kappa shape index (κ2) is 10.8. The summed E-state index contributed by atoms with van der Waals surface area (Å²) in [6, 6.07) is 13.1. The van der Waals surface area contributed by atoms with Crippen molar-refractivity contribution in [3.05, 3.63) is 86.7 Å². The van der Waals surface area contributed by atoms with Gasteiger partial charge in [-0.1, -0.05) is 0 Å². The van der Waals surface area contributed by atoms with Crippen molar-refractivity contribution in [1.82, 2.24) is 15.0 Å². The zero-order valence-electron chi connectivity index (χ0n) is 21.4. The zero-order valence-corrected chi connectivity index (χ0v) is 23.0. The summed E-state index contributed by atoms with van der Waals surface area (Å²) in [4.78, 5) is 40.4. The van der Waals surface area contributed by atoms with Crippen molar-refractivity contribution in [3.63, 3.8) is 0 Å². The molecule has 0 fully saturated rings. The van der Waals surface area contributed by atoms with Crippen LogP contribution in [0.3, 0.4) is 0 Å². The summed E-state index contributed by atoms with van der Waals surface area (Å²) < 4.78 is 11.9. The molecule has 0 saturated heterocycles. The van der Waals surface area contributed by atoms with Gasteiger partial charge in [0.25, 0.3) is 0 Å². The van der Waals surface area contributed by atoms with Crippen LogP contribution in [0.2, 0.25) is 0 Å². The maximum atomic E-state index is 12.0. The maximum Gasteiger partial charge on any atom is 0.335 e. The number of carbonyl (C=O) groups is 2. The molecule has 0 bridgehead atoms. The number of fused-ring (bicyclic) bond motifs is 1. The normalized spacial score (nSPS) is 11.9. The van der Waals surface area contributed by atoms with E-state index < -0.39 is 11.9 Å². The number of pyridine rings is 3. The third-order valence-electron chi connectivity index (χ3n) is 6.06. The quantitative estimate of drug-likeness (QED) is 0.245. The van der Waals surface area contributed by atoms with Gasteiger partial charge >= 0.3 is 11.9 Å². The molecule has 0 radical (unpaired) electrons. The number of rotatable bonds is 5. The smallest absolute Gasteiger partial charge is 0.335 e. The fourth-order valence-corrected chi connectivity index (χ4v) is 5.94. The minimum Gasteiger partial charge on any atom is -0.485 e. The van der Waals surface area contributed by atoms with Gasteiger partial charge in [0.1, 0.15) is 18.1 Å². The minimum atomic E-state index is -1.16. The van der Waals surface area contributed by atoms with Crippen LogP contribution in [-0.2, 0) is 0 Å². The first kappa shape index (κ1) is 26.2. The van der Waals surface area contributed by atoms with E-state index in [9.17, 15) is 19.8 Å². The van der Waals surface area contributed by atoms with Gasteiger partial charge in [-0.25, -0.2) is 14.6 Å². The predicted octanol–water partition coefficient (Wildman–Crippen LogP) is 5.87. The van der Waals surface area contributed by atoms with Gasteiger partial charge in [0.05, 0.1) is 43.7 Å². The number of aromatic nitrogens is 3. The molecule has 6 heterocycles. The molecule has 5 aromatic heterocycles. The van der Waals surface area contributed by atoms with Crippen LogP contribution in [0.4, 0.5) is 0 Å². The number of nitrogens with zero attached hydrogens (tertiary/aromatic N) is 3. The van der Waals surface area contributed by atoms with Crippen LogP contribution in [-0.4, -0.2) is 50.3 Å². The SMILES string of the molecule is Cc1ccc(C#Cc2sc(-c3ccnc(-c4cc(C(=O)O)cc(-c5cc(C(=O)O)ccn5)n4)c3)c3c2OCCO3)s1. The summed E-state index contributed by atoms with van der Waals surface area (Å²) in [6.45, 7) is 2.86. The van der Waals surface area contributed by atoms with Crippen molar-refractivity contribution in [2.24, 2.45) is 0 Å². The Labute approximate surface area is 241 Å². The molecule has 2 N–H and O–H groups in total. The summed E-state index contributed by atoms with van der Waals surface area (Å²) in [5, 5.41) is 19.1. The molecular weight excluding hydrogens is 562 g/mol. The minimum absolute atomic E-state index is 0.0111. The maximum absolute atomic E-state index is 12.0. The molecule has 0 saturated carbocycles. The largest absolute Gasteiger partial charge is 0.485 e. The Morgan fingerprint density at radius 2 is 1.44 bits per heavy atom. The van der Waals surface area contributed by atoms with E-state index in [2.05, 4.69) is 26.8 Å². The summed E-state index contributed by atoms with van der Waals surface area (Å²) in [5.41, 5.74) is 1.90. The van der Waals surface area contributed by atoms with Crippen LogP contribution in [0.5, 0.6) is 11.5 Å². The molecule has 0 unspecified atom stereocenters. The number of thiophene rings is 2. The first-order valence-corrected chi connectivity index (χ1v) is 13.9. The van der Waals surface area contributed by atoms with Crippen molar-refractivity contribution in [2.75, 3.05) is 13.2 Å². The van der Waals surface area contributed by atoms with Gasteiger partial charge in [-0.05, 0) is 72.9 Å². The van der Waals surface area contributed by atoms with E-state index >= 15 is 0 Å². The van der Waals surface area contributed by atoms with Crippen molar-refractivity contribution in [1.29, 1.82) is 0 Å². The molecule has 0 aromatic carbocycles. The lowest BCUT2D eigenvalue weighted by atomic mass is 10.1. The number of hydrogen-bond donors (Lipinski definition) is 2. The van der Waals surface area contributed by atoms with Gasteiger partial charge in [-0.3, -0.25) is 9.97 Å². The van der Waals surface area contributed by atoms with Gasteiger partial charge in [0, 0.05) is 17.3 Å². The molecule has 0 atom stereocenters. The molecule has 1 aliphatic rings. The number of aromatic carboxylic acids is 2. The highest BCUT2D eigenvalue weighted by molar-refractivity contribution is 7.17. The standard InChI is InChI=1S/C30H19N3O6S2/c1-16-2-3-20(40-16)4-5-25-26-27(39-11-10-38-26)28(41-25)17-6-8-31-21(12-17)23-14-19(30(36)37)15-24(33-23)22-13-18(29(34)35)7-9-32-22/h2-3,6-9,12-15H,10-11H2,1H3,(H,34,35)(H,36,37). The molecule has 0 aliphatic carbocycles. The highest BCUT2D eigenvalue weighted by Gasteiger charge is 2.25. The molecule has 0 spiro atoms. The zero-order chi connectivity index (χ0) is 28.5. The predicted molar refractivity (Wildman–Crippen MR) is 154 cm³/mol. The Kier molecular flexibility index (Phi) is 6.93. The Bertz CT molecular complexity index is 1900. The molecule has 6 rings (SSSR count). The lowest BCUT2D eigenvalue weighted by Gasteiger charge is -2.16. The lowest BCUT2D eigenvalue weighted by molar-refractivity contribution is 0.0686. The summed E-state index contributed by atoms with van der Waals surface area (Å²) in [6.07, 6.45) is 2.95. The molecule has 0 amide bonds. The molecule has 1 aliphatic heterocycles. The average Bonchev–Trinajstić information content (AvgIpc) is 3.59. The van der Waals surface area contributed by atoms with Gasteiger partial charge in [-0.2, -0.15) is 0 Å². The van der Waals surface area contributed by atoms with Crippen LogP contribution in [0.1, 0.15) is 35.3 Å². The topological polar surface area (TPSA) is 132 Å². The van der Waals surface area contributed by atoms with E-state index in [0.717, 1.165) is 20.2 Å². The summed E-state index contributed by atoms with van der Waals surface area (Å²) >= 11 is 3.06. The summed E-state index contributed by atoms with van der Waals surface area (Å²) in [5.74, 6) is 5.35. The lowest BCUT2D eigenvalue weighted by Crippen LogP contribution is -2.15. The van der Waals surface area contributed by atoms with Crippen molar-refractivity contribution in [3.8, 4) is 56.6 Å². The molecule has 5 aromatic rings. The monoisotopic (exact) mass is 581 g/mol. The average molecular weight is 582 g/mol. The van der Waals surface area contributed by atoms with Crippen LogP contribution in [0.25, 0.3) is 33.2 Å². The highest BCUT2D eigenvalue weighted by atomic mass is 32.1. The van der Waals surface area contributed by atoms with Gasteiger partial charge in [0.2, 0.25) is 0 Å². The van der Waals surface area contributed by atoms with Crippen molar-refractivity contribution in [2.45, 2.75) is 6.92 Å². The van der Waals surface area contributed by atoms with Crippen molar-refractivity contribution < 1.29 is 29.3 Å². The first-order valence-electron chi connectivity index (χ1n) is 12.3. The Morgan fingerprint density at radius 1 is 0.780 bits per heavy atom. The van der Waals surface area contributed by atoms with E-state index in [1.54, 1.807) is 23.6 Å².